The molecular formula is C17H18N4O2. The molecule has 0 fully saturated rings. The van der Waals surface area contributed by atoms with E-state index < -0.39 is 0 Å². The minimum atomic E-state index is -0.262. The minimum Gasteiger partial charge on any atom is -0.493 e. The van der Waals surface area contributed by atoms with Crippen LogP contribution in [0.2, 0.25) is 0 Å². The van der Waals surface area contributed by atoms with Crippen molar-refractivity contribution < 1.29 is 9.53 Å². The second kappa shape index (κ2) is 6.08. The average Bonchev–Trinajstić information content (AvgIpc) is 2.91. The first-order valence-corrected chi connectivity index (χ1v) is 7.45. The number of nitrogens with one attached hydrogen (secondary N) is 2. The van der Waals surface area contributed by atoms with Crippen LogP contribution in [0.25, 0.3) is 11.0 Å². The number of hydrogen-bond donors (Lipinski definition) is 2. The molecule has 0 aliphatic rings. The number of carbonyl (C=O) groups excluding carboxylic acids is 1. The van der Waals surface area contributed by atoms with Crippen molar-refractivity contribution in [1.82, 2.24) is 15.2 Å². The molecule has 6 nitrogen and oxygen atoms in total. The van der Waals surface area contributed by atoms with E-state index in [2.05, 4.69) is 20.5 Å². The normalized spacial score (nSPS) is 10.7. The number of ether oxygens (including phenoxy) is 1. The van der Waals surface area contributed by atoms with Crippen LogP contribution >= 0.6 is 0 Å². The molecule has 2 N–H and O–H groups in total. The standard InChI is InChI=1S/C17H18N4O2/c1-4-23-13-8-6-5-7-12(13)17(22)19-16-14-10(2)9-11(3)18-15(14)20-21-16/h5-9H,4H2,1-3H3,(H2,18,19,20,21,22). The van der Waals surface area contributed by atoms with Gasteiger partial charge in [0.25, 0.3) is 5.91 Å². The minimum absolute atomic E-state index is 0.262. The maximum Gasteiger partial charge on any atom is 0.260 e. The lowest BCUT2D eigenvalue weighted by molar-refractivity contribution is 0.102. The fourth-order valence-electron chi connectivity index (χ4n) is 2.58. The van der Waals surface area contributed by atoms with Gasteiger partial charge in [0.15, 0.2) is 11.5 Å². The zero-order chi connectivity index (χ0) is 16.4. The molecule has 0 saturated heterocycles. The molecule has 118 valence electrons. The average molecular weight is 310 g/mol. The van der Waals surface area contributed by atoms with Crippen molar-refractivity contribution in [2.24, 2.45) is 0 Å². The van der Waals surface area contributed by atoms with Gasteiger partial charge in [-0.3, -0.25) is 9.89 Å². The Morgan fingerprint density at radius 1 is 1.30 bits per heavy atom. The van der Waals surface area contributed by atoms with E-state index >= 15 is 0 Å². The van der Waals surface area contributed by atoms with Gasteiger partial charge in [0.05, 0.1) is 17.6 Å². The third-order valence-electron chi connectivity index (χ3n) is 3.52. The maximum absolute atomic E-state index is 12.6. The van der Waals surface area contributed by atoms with Gasteiger partial charge in [0.2, 0.25) is 0 Å². The molecule has 0 aliphatic carbocycles. The summed E-state index contributed by atoms with van der Waals surface area (Å²) in [7, 11) is 0. The van der Waals surface area contributed by atoms with Crippen molar-refractivity contribution in [3.05, 3.63) is 47.2 Å². The first kappa shape index (κ1) is 15.0. The van der Waals surface area contributed by atoms with Crippen LogP contribution in [0, 0.1) is 13.8 Å². The summed E-state index contributed by atoms with van der Waals surface area (Å²) in [6.07, 6.45) is 0. The lowest BCUT2D eigenvalue weighted by Gasteiger charge is -2.09. The van der Waals surface area contributed by atoms with Crippen molar-refractivity contribution in [3.63, 3.8) is 0 Å². The zero-order valence-corrected chi connectivity index (χ0v) is 13.3. The second-order valence-electron chi connectivity index (χ2n) is 5.26. The first-order chi connectivity index (χ1) is 11.1. The van der Waals surface area contributed by atoms with E-state index in [4.69, 9.17) is 4.74 Å². The van der Waals surface area contributed by atoms with Crippen LogP contribution in [0.15, 0.2) is 30.3 Å². The molecule has 2 heterocycles. The van der Waals surface area contributed by atoms with E-state index in [1.807, 2.05) is 32.9 Å². The summed E-state index contributed by atoms with van der Waals surface area (Å²) in [5, 5.41) is 10.7. The molecule has 0 bridgehead atoms. The van der Waals surface area contributed by atoms with Crippen LogP contribution in [0.5, 0.6) is 5.75 Å². The Morgan fingerprint density at radius 2 is 2.09 bits per heavy atom. The molecule has 0 atom stereocenters. The van der Waals surface area contributed by atoms with E-state index in [-0.39, 0.29) is 5.91 Å². The highest BCUT2D eigenvalue weighted by molar-refractivity contribution is 6.09. The molecule has 0 unspecified atom stereocenters. The summed E-state index contributed by atoms with van der Waals surface area (Å²) >= 11 is 0. The molecular weight excluding hydrogens is 292 g/mol. The smallest absolute Gasteiger partial charge is 0.260 e. The van der Waals surface area contributed by atoms with Gasteiger partial charge in [0, 0.05) is 5.69 Å². The maximum atomic E-state index is 12.6. The molecule has 0 radical (unpaired) electrons. The Balaban J connectivity index is 1.95. The Morgan fingerprint density at radius 3 is 2.87 bits per heavy atom. The van der Waals surface area contributed by atoms with Crippen molar-refractivity contribution >= 4 is 22.8 Å². The summed E-state index contributed by atoms with van der Waals surface area (Å²) in [4.78, 5) is 17.0. The molecule has 0 aliphatic heterocycles. The Labute approximate surface area is 133 Å². The topological polar surface area (TPSA) is 79.9 Å². The number of para-hydroxylation sites is 1. The third kappa shape index (κ3) is 2.88. The van der Waals surface area contributed by atoms with Gasteiger partial charge in [-0.15, -0.1) is 0 Å². The van der Waals surface area contributed by atoms with Crippen molar-refractivity contribution in [2.45, 2.75) is 20.8 Å². The van der Waals surface area contributed by atoms with Crippen LogP contribution < -0.4 is 10.1 Å². The Bertz CT molecular complexity index is 870. The van der Waals surface area contributed by atoms with Gasteiger partial charge in [-0.1, -0.05) is 12.1 Å². The number of fused-ring (bicyclic) bond motifs is 1. The molecule has 1 amide bonds. The van der Waals surface area contributed by atoms with Crippen LogP contribution in [-0.2, 0) is 0 Å². The van der Waals surface area contributed by atoms with Gasteiger partial charge >= 0.3 is 0 Å². The predicted octanol–water partition coefficient (Wildman–Crippen LogP) is 3.23. The largest absolute Gasteiger partial charge is 0.493 e. The van der Waals surface area contributed by atoms with E-state index in [1.165, 1.54) is 0 Å². The van der Waals surface area contributed by atoms with Crippen LogP contribution in [0.4, 0.5) is 5.82 Å². The summed E-state index contributed by atoms with van der Waals surface area (Å²) in [6.45, 7) is 6.27. The summed E-state index contributed by atoms with van der Waals surface area (Å²) < 4.78 is 5.50. The zero-order valence-electron chi connectivity index (χ0n) is 13.3. The van der Waals surface area contributed by atoms with Crippen molar-refractivity contribution in [2.75, 3.05) is 11.9 Å². The highest BCUT2D eigenvalue weighted by Crippen LogP contribution is 2.25. The van der Waals surface area contributed by atoms with Crippen LogP contribution in [0.3, 0.4) is 0 Å². The van der Waals surface area contributed by atoms with Crippen LogP contribution in [0.1, 0.15) is 28.5 Å². The van der Waals surface area contributed by atoms with Gasteiger partial charge in [-0.05, 0) is 44.5 Å². The molecule has 0 spiro atoms. The number of benzene rings is 1. The first-order valence-electron chi connectivity index (χ1n) is 7.45. The highest BCUT2D eigenvalue weighted by atomic mass is 16.5. The number of H-pyrrole nitrogens is 1. The van der Waals surface area contributed by atoms with E-state index in [0.29, 0.717) is 29.4 Å². The van der Waals surface area contributed by atoms with Gasteiger partial charge in [-0.2, -0.15) is 5.10 Å². The van der Waals surface area contributed by atoms with Crippen molar-refractivity contribution in [3.8, 4) is 5.75 Å². The van der Waals surface area contributed by atoms with Crippen molar-refractivity contribution in [1.29, 1.82) is 0 Å². The second-order valence-corrected chi connectivity index (χ2v) is 5.26. The fourth-order valence-corrected chi connectivity index (χ4v) is 2.58. The summed E-state index contributed by atoms with van der Waals surface area (Å²) in [5.41, 5.74) is 3.05. The molecule has 3 aromatic rings. The summed E-state index contributed by atoms with van der Waals surface area (Å²) in [6, 6.07) is 9.10. The fraction of sp³-hybridized carbons (Fsp3) is 0.235. The number of pyridine rings is 1. The monoisotopic (exact) mass is 310 g/mol. The Hall–Kier alpha value is -2.89. The van der Waals surface area contributed by atoms with Crippen LogP contribution in [-0.4, -0.2) is 27.7 Å². The Kier molecular flexibility index (Phi) is 3.97. The van der Waals surface area contributed by atoms with E-state index in [9.17, 15) is 4.79 Å². The molecule has 0 saturated carbocycles. The summed E-state index contributed by atoms with van der Waals surface area (Å²) in [5.74, 6) is 0.766. The SMILES string of the molecule is CCOc1ccccc1C(=O)Nc1n[nH]c2nc(C)cc(C)c12. The van der Waals surface area contributed by atoms with Gasteiger partial charge in [-0.25, -0.2) is 4.98 Å². The number of amides is 1. The quantitative estimate of drug-likeness (QED) is 0.775. The third-order valence-corrected chi connectivity index (χ3v) is 3.52. The van der Waals surface area contributed by atoms with Gasteiger partial charge in [0.1, 0.15) is 5.75 Å². The number of aromatic amines is 1. The number of carbonyl (C=O) groups is 1. The highest BCUT2D eigenvalue weighted by Gasteiger charge is 2.16. The number of nitrogens with zero attached hydrogens (tertiary/aromatic N) is 2. The number of aromatic nitrogens is 3. The van der Waals surface area contributed by atoms with E-state index in [1.54, 1.807) is 18.2 Å². The molecule has 1 aromatic carbocycles. The number of aryl methyl sites for hydroxylation is 2. The van der Waals surface area contributed by atoms with E-state index in [0.717, 1.165) is 16.6 Å². The number of rotatable bonds is 4. The lowest BCUT2D eigenvalue weighted by Crippen LogP contribution is -2.14. The molecule has 6 heteroatoms. The molecule has 23 heavy (non-hydrogen) atoms. The predicted molar refractivity (Wildman–Crippen MR) is 88.9 cm³/mol. The molecule has 2 aromatic heterocycles. The lowest BCUT2D eigenvalue weighted by atomic mass is 10.1. The number of hydrogen-bond acceptors (Lipinski definition) is 4. The number of anilines is 1. The molecule has 3 rings (SSSR count). The van der Waals surface area contributed by atoms with Gasteiger partial charge < -0.3 is 10.1 Å².